The molecule has 1 saturated heterocycles. The van der Waals surface area contributed by atoms with Crippen LogP contribution in [0.5, 0.6) is 0 Å². The number of nitrogens with zero attached hydrogens (tertiary/aromatic N) is 3. The first-order valence-corrected chi connectivity index (χ1v) is 7.49. The van der Waals surface area contributed by atoms with Gasteiger partial charge in [-0.05, 0) is 12.1 Å². The molecule has 0 saturated carbocycles. The monoisotopic (exact) mass is 287 g/mol. The van der Waals surface area contributed by atoms with E-state index in [1.54, 1.807) is 0 Å². The fraction of sp³-hybridized carbons (Fsp3) is 0.500. The van der Waals surface area contributed by atoms with Crippen molar-refractivity contribution in [2.24, 2.45) is 5.92 Å². The van der Waals surface area contributed by atoms with Crippen LogP contribution >= 0.6 is 0 Å². The third kappa shape index (κ3) is 3.08. The molecule has 1 aliphatic heterocycles. The van der Waals surface area contributed by atoms with Crippen LogP contribution < -0.4 is 0 Å². The Morgan fingerprint density at radius 1 is 1.24 bits per heavy atom. The van der Waals surface area contributed by atoms with Gasteiger partial charge in [0.05, 0.1) is 6.54 Å². The molecular formula is C16H21N3O2. The van der Waals surface area contributed by atoms with E-state index in [0.717, 1.165) is 43.2 Å². The van der Waals surface area contributed by atoms with Gasteiger partial charge >= 0.3 is 0 Å². The van der Waals surface area contributed by atoms with Gasteiger partial charge in [0, 0.05) is 32.1 Å². The molecule has 1 fully saturated rings. The third-order valence-corrected chi connectivity index (χ3v) is 3.87. The molecule has 2 aromatic rings. The Bertz CT molecular complexity index is 594. The summed E-state index contributed by atoms with van der Waals surface area (Å²) in [4.78, 5) is 20.7. The van der Waals surface area contributed by atoms with Crippen molar-refractivity contribution in [3.63, 3.8) is 0 Å². The number of fused-ring (bicyclic) bond motifs is 1. The number of para-hydroxylation sites is 2. The van der Waals surface area contributed by atoms with Crippen molar-refractivity contribution in [2.75, 3.05) is 26.2 Å². The lowest BCUT2D eigenvalue weighted by molar-refractivity contribution is -0.136. The average molecular weight is 287 g/mol. The van der Waals surface area contributed by atoms with Crippen molar-refractivity contribution in [2.45, 2.75) is 20.4 Å². The van der Waals surface area contributed by atoms with E-state index in [-0.39, 0.29) is 11.8 Å². The minimum Gasteiger partial charge on any atom is -0.439 e. The highest BCUT2D eigenvalue weighted by Crippen LogP contribution is 2.17. The maximum atomic E-state index is 12.0. The minimum absolute atomic E-state index is 0.0774. The molecule has 1 aromatic carbocycles. The maximum Gasteiger partial charge on any atom is 0.225 e. The molecule has 0 radical (unpaired) electrons. The largest absolute Gasteiger partial charge is 0.439 e. The van der Waals surface area contributed by atoms with E-state index in [4.69, 9.17) is 4.42 Å². The van der Waals surface area contributed by atoms with Crippen LogP contribution in [0.2, 0.25) is 0 Å². The Labute approximate surface area is 124 Å². The smallest absolute Gasteiger partial charge is 0.225 e. The number of oxazole rings is 1. The molecule has 21 heavy (non-hydrogen) atoms. The van der Waals surface area contributed by atoms with Crippen LogP contribution in [0.15, 0.2) is 28.7 Å². The fourth-order valence-corrected chi connectivity index (χ4v) is 2.67. The second kappa shape index (κ2) is 5.85. The van der Waals surface area contributed by atoms with Crippen LogP contribution in [-0.4, -0.2) is 46.9 Å². The Morgan fingerprint density at radius 2 is 1.95 bits per heavy atom. The van der Waals surface area contributed by atoms with Crippen molar-refractivity contribution < 1.29 is 9.21 Å². The number of hydrogen-bond donors (Lipinski definition) is 0. The number of carbonyl (C=O) groups excluding carboxylic acids is 1. The van der Waals surface area contributed by atoms with Gasteiger partial charge in [0.25, 0.3) is 0 Å². The molecule has 1 aliphatic rings. The molecule has 0 atom stereocenters. The Kier molecular flexibility index (Phi) is 3.92. The van der Waals surface area contributed by atoms with Crippen LogP contribution in [0.4, 0.5) is 0 Å². The summed E-state index contributed by atoms with van der Waals surface area (Å²) in [7, 11) is 0. The van der Waals surface area contributed by atoms with Crippen LogP contribution in [0.3, 0.4) is 0 Å². The predicted molar refractivity (Wildman–Crippen MR) is 80.7 cm³/mol. The molecule has 1 aromatic heterocycles. The van der Waals surface area contributed by atoms with Gasteiger partial charge in [-0.25, -0.2) is 4.98 Å². The summed E-state index contributed by atoms with van der Waals surface area (Å²) in [5, 5.41) is 0. The molecule has 0 bridgehead atoms. The first-order valence-electron chi connectivity index (χ1n) is 7.49. The van der Waals surface area contributed by atoms with Crippen molar-refractivity contribution >= 4 is 17.0 Å². The van der Waals surface area contributed by atoms with Crippen LogP contribution in [-0.2, 0) is 11.3 Å². The van der Waals surface area contributed by atoms with Gasteiger partial charge in [-0.1, -0.05) is 26.0 Å². The molecule has 0 aliphatic carbocycles. The van der Waals surface area contributed by atoms with Crippen LogP contribution in [0.25, 0.3) is 11.1 Å². The predicted octanol–water partition coefficient (Wildman–Crippen LogP) is 2.13. The summed E-state index contributed by atoms with van der Waals surface area (Å²) in [5.74, 6) is 1.07. The van der Waals surface area contributed by atoms with E-state index in [0.29, 0.717) is 6.54 Å². The summed E-state index contributed by atoms with van der Waals surface area (Å²) < 4.78 is 5.75. The summed E-state index contributed by atoms with van der Waals surface area (Å²) >= 11 is 0. The normalized spacial score (nSPS) is 16.8. The van der Waals surface area contributed by atoms with Gasteiger partial charge in [0.15, 0.2) is 5.58 Å². The summed E-state index contributed by atoms with van der Waals surface area (Å²) in [6.07, 6.45) is 0. The lowest BCUT2D eigenvalue weighted by Crippen LogP contribution is -2.49. The first kappa shape index (κ1) is 14.1. The highest BCUT2D eigenvalue weighted by Gasteiger charge is 2.23. The second-order valence-corrected chi connectivity index (χ2v) is 5.83. The average Bonchev–Trinajstić information content (AvgIpc) is 2.89. The zero-order valence-corrected chi connectivity index (χ0v) is 12.6. The summed E-state index contributed by atoms with van der Waals surface area (Å²) in [5.41, 5.74) is 1.74. The van der Waals surface area contributed by atoms with Gasteiger partial charge in [-0.15, -0.1) is 0 Å². The van der Waals surface area contributed by atoms with Crippen molar-refractivity contribution in [3.8, 4) is 0 Å². The number of hydrogen-bond acceptors (Lipinski definition) is 4. The van der Waals surface area contributed by atoms with Gasteiger partial charge in [0.2, 0.25) is 11.8 Å². The van der Waals surface area contributed by atoms with Crippen LogP contribution in [0, 0.1) is 5.92 Å². The van der Waals surface area contributed by atoms with E-state index in [1.807, 2.05) is 43.0 Å². The third-order valence-electron chi connectivity index (χ3n) is 3.87. The molecule has 5 heteroatoms. The molecule has 3 rings (SSSR count). The van der Waals surface area contributed by atoms with E-state index in [9.17, 15) is 4.79 Å². The highest BCUT2D eigenvalue weighted by atomic mass is 16.3. The van der Waals surface area contributed by atoms with E-state index < -0.39 is 0 Å². The van der Waals surface area contributed by atoms with Crippen molar-refractivity contribution in [3.05, 3.63) is 30.2 Å². The van der Waals surface area contributed by atoms with Crippen LogP contribution in [0.1, 0.15) is 19.7 Å². The van der Waals surface area contributed by atoms with E-state index >= 15 is 0 Å². The molecule has 0 unspecified atom stereocenters. The second-order valence-electron chi connectivity index (χ2n) is 5.83. The number of benzene rings is 1. The molecule has 0 N–H and O–H groups in total. The standard InChI is InChI=1S/C16H21N3O2/c1-12(2)16(20)19-9-7-18(8-10-19)11-15-17-13-5-3-4-6-14(13)21-15/h3-6,12H,7-11H2,1-2H3. The number of carbonyl (C=O) groups is 1. The number of amides is 1. The Hall–Kier alpha value is -1.88. The Morgan fingerprint density at radius 3 is 2.62 bits per heavy atom. The maximum absolute atomic E-state index is 12.0. The molecule has 112 valence electrons. The molecule has 5 nitrogen and oxygen atoms in total. The zero-order valence-electron chi connectivity index (χ0n) is 12.6. The van der Waals surface area contributed by atoms with Gasteiger partial charge < -0.3 is 9.32 Å². The first-order chi connectivity index (χ1) is 10.1. The highest BCUT2D eigenvalue weighted by molar-refractivity contribution is 5.78. The molecule has 2 heterocycles. The molecular weight excluding hydrogens is 266 g/mol. The van der Waals surface area contributed by atoms with E-state index in [2.05, 4.69) is 9.88 Å². The molecule has 1 amide bonds. The summed E-state index contributed by atoms with van der Waals surface area (Å²) in [6.45, 7) is 7.93. The lowest BCUT2D eigenvalue weighted by Gasteiger charge is -2.34. The van der Waals surface area contributed by atoms with E-state index in [1.165, 1.54) is 0 Å². The number of piperazine rings is 1. The van der Waals surface area contributed by atoms with Gasteiger partial charge in [-0.3, -0.25) is 9.69 Å². The zero-order chi connectivity index (χ0) is 14.8. The van der Waals surface area contributed by atoms with Gasteiger partial charge in [0.1, 0.15) is 5.52 Å². The number of rotatable bonds is 3. The quantitative estimate of drug-likeness (QED) is 0.867. The van der Waals surface area contributed by atoms with Crippen molar-refractivity contribution in [1.82, 2.24) is 14.8 Å². The SMILES string of the molecule is CC(C)C(=O)N1CCN(Cc2nc3ccccc3o2)CC1. The summed E-state index contributed by atoms with van der Waals surface area (Å²) in [6, 6.07) is 7.81. The Balaban J connectivity index is 1.59. The van der Waals surface area contributed by atoms with Crippen molar-refractivity contribution in [1.29, 1.82) is 0 Å². The minimum atomic E-state index is 0.0774. The lowest BCUT2D eigenvalue weighted by atomic mass is 10.1. The number of aromatic nitrogens is 1. The topological polar surface area (TPSA) is 49.6 Å². The fourth-order valence-electron chi connectivity index (χ4n) is 2.67. The molecule has 0 spiro atoms. The van der Waals surface area contributed by atoms with Gasteiger partial charge in [-0.2, -0.15) is 0 Å².